The van der Waals surface area contributed by atoms with Crippen molar-refractivity contribution in [3.63, 3.8) is 0 Å². The predicted octanol–water partition coefficient (Wildman–Crippen LogP) is 1.00. The number of nitrogens with zero attached hydrogens (tertiary/aromatic N) is 2. The second-order valence-electron chi connectivity index (χ2n) is 11.9. The maximum Gasteiger partial charge on any atom is 0.327 e. The van der Waals surface area contributed by atoms with Crippen LogP contribution in [0.15, 0.2) is 12.2 Å². The fourth-order valence-corrected chi connectivity index (χ4v) is 6.52. The van der Waals surface area contributed by atoms with Crippen LogP contribution in [-0.4, -0.2) is 67.7 Å². The maximum absolute atomic E-state index is 13.5. The number of carbonyl (C=O) groups excluding carboxylic acids is 4. The molecule has 2 heterocycles. The van der Waals surface area contributed by atoms with Gasteiger partial charge < -0.3 is 10.2 Å². The molecule has 4 unspecified atom stereocenters. The van der Waals surface area contributed by atoms with Crippen molar-refractivity contribution in [3.8, 4) is 0 Å². The van der Waals surface area contributed by atoms with E-state index in [1.165, 1.54) is 0 Å². The third kappa shape index (κ3) is 3.06. The van der Waals surface area contributed by atoms with Gasteiger partial charge in [0, 0.05) is 11.8 Å². The van der Waals surface area contributed by atoms with Gasteiger partial charge in [-0.3, -0.25) is 29.0 Å². The molecule has 2 N–H and O–H groups in total. The zero-order chi connectivity index (χ0) is 25.7. The minimum absolute atomic E-state index is 0.653. The van der Waals surface area contributed by atoms with E-state index >= 15 is 0 Å². The number of carboxylic acids is 2. The first-order chi connectivity index (χ1) is 15.5. The van der Waals surface area contributed by atoms with Crippen molar-refractivity contribution in [2.75, 3.05) is 0 Å². The Balaban J connectivity index is 1.77. The van der Waals surface area contributed by atoms with Gasteiger partial charge in [-0.1, -0.05) is 53.7 Å². The highest BCUT2D eigenvalue weighted by Gasteiger charge is 2.70. The molecule has 2 saturated heterocycles. The smallest absolute Gasteiger partial charge is 0.327 e. The van der Waals surface area contributed by atoms with Gasteiger partial charge in [-0.25, -0.2) is 9.59 Å². The first-order valence-corrected chi connectivity index (χ1v) is 11.4. The van der Waals surface area contributed by atoms with Gasteiger partial charge in [0.05, 0.1) is 23.7 Å². The molecule has 0 radical (unpaired) electrons. The van der Waals surface area contributed by atoms with E-state index in [1.54, 1.807) is 53.7 Å². The molecule has 0 aromatic carbocycles. The van der Waals surface area contributed by atoms with Crippen LogP contribution in [-0.2, 0) is 28.8 Å². The van der Waals surface area contributed by atoms with Gasteiger partial charge >= 0.3 is 11.9 Å². The summed E-state index contributed by atoms with van der Waals surface area (Å²) in [5, 5.41) is 19.6. The van der Waals surface area contributed by atoms with E-state index in [2.05, 4.69) is 0 Å². The Bertz CT molecular complexity index is 922. The molecule has 3 aliphatic carbocycles. The summed E-state index contributed by atoms with van der Waals surface area (Å²) in [6.45, 7) is 9.75. The van der Waals surface area contributed by atoms with Gasteiger partial charge in [0.15, 0.2) is 0 Å². The Morgan fingerprint density at radius 3 is 1.06 bits per heavy atom. The van der Waals surface area contributed by atoms with Crippen LogP contribution in [0.2, 0.25) is 0 Å². The molecule has 1 saturated carbocycles. The summed E-state index contributed by atoms with van der Waals surface area (Å²) < 4.78 is 0. The number of likely N-dealkylation sites (tertiary alicyclic amines) is 2. The lowest BCUT2D eigenvalue weighted by atomic mass is 9.54. The van der Waals surface area contributed by atoms with Crippen LogP contribution < -0.4 is 0 Å². The lowest BCUT2D eigenvalue weighted by Gasteiger charge is -2.44. The Kier molecular flexibility index (Phi) is 5.12. The van der Waals surface area contributed by atoms with Gasteiger partial charge in [-0.05, 0) is 10.8 Å². The molecule has 0 aromatic heterocycles. The molecule has 10 heteroatoms. The topological polar surface area (TPSA) is 149 Å². The molecule has 2 bridgehead atoms. The standard InChI is InChI=1S/C24H30N2O8/c1-23(2,3)15(21(31)32)25-17(27)11-9-7-8-10(12(11)18(25)28)14-13(9)19(29)26(20(14)30)16(22(33)34)24(4,5)6/h7-16H,1-6H3,(H,31,32)(H,33,34)/t9?,10?,11?,12?,13?,14?,15-,16-/m1/s1. The Hall–Kier alpha value is -3.04. The minimum Gasteiger partial charge on any atom is -0.480 e. The van der Waals surface area contributed by atoms with E-state index in [0.717, 1.165) is 9.80 Å². The van der Waals surface area contributed by atoms with Gasteiger partial charge in [0.25, 0.3) is 0 Å². The second kappa shape index (κ2) is 7.23. The lowest BCUT2D eigenvalue weighted by molar-refractivity contribution is -0.160. The molecule has 2 aliphatic heterocycles. The maximum atomic E-state index is 13.5. The molecule has 0 aromatic rings. The highest BCUT2D eigenvalue weighted by atomic mass is 16.4. The number of allylic oxidation sites excluding steroid dienone is 2. The number of aliphatic carboxylic acids is 2. The van der Waals surface area contributed by atoms with Gasteiger partial charge in [-0.2, -0.15) is 0 Å². The summed E-state index contributed by atoms with van der Waals surface area (Å²) in [5.41, 5.74) is -1.87. The molecule has 5 rings (SSSR count). The molecule has 3 fully saturated rings. The van der Waals surface area contributed by atoms with Crippen LogP contribution in [0.3, 0.4) is 0 Å². The SMILES string of the molecule is CC(C)(C)[C@@H](C(=O)O)N1C(=O)C2C3C=CC(C2C1=O)C1C(=O)N([C@H](C(=O)O)C(C)(C)C)C(=O)C31. The van der Waals surface area contributed by atoms with Crippen LogP contribution in [0.25, 0.3) is 0 Å². The molecule has 6 atom stereocenters. The van der Waals surface area contributed by atoms with Crippen molar-refractivity contribution in [1.29, 1.82) is 0 Å². The van der Waals surface area contributed by atoms with Crippen LogP contribution in [0.5, 0.6) is 0 Å². The van der Waals surface area contributed by atoms with E-state index in [4.69, 9.17) is 0 Å². The Morgan fingerprint density at radius 2 is 0.882 bits per heavy atom. The first-order valence-electron chi connectivity index (χ1n) is 11.4. The van der Waals surface area contributed by atoms with E-state index in [9.17, 15) is 39.0 Å². The van der Waals surface area contributed by atoms with Crippen LogP contribution in [0.1, 0.15) is 41.5 Å². The van der Waals surface area contributed by atoms with Crippen molar-refractivity contribution in [2.24, 2.45) is 46.3 Å². The summed E-state index contributed by atoms with van der Waals surface area (Å²) in [6, 6.07) is -2.78. The highest BCUT2D eigenvalue weighted by Crippen LogP contribution is 2.59. The van der Waals surface area contributed by atoms with Crippen LogP contribution >= 0.6 is 0 Å². The predicted molar refractivity (Wildman–Crippen MR) is 116 cm³/mol. The van der Waals surface area contributed by atoms with E-state index in [-0.39, 0.29) is 0 Å². The van der Waals surface area contributed by atoms with Crippen molar-refractivity contribution in [2.45, 2.75) is 53.6 Å². The van der Waals surface area contributed by atoms with Crippen molar-refractivity contribution < 1.29 is 39.0 Å². The zero-order valence-corrected chi connectivity index (χ0v) is 20.0. The average molecular weight is 475 g/mol. The number of carbonyl (C=O) groups is 6. The number of amides is 4. The lowest BCUT2D eigenvalue weighted by Crippen LogP contribution is -2.53. The molecule has 10 nitrogen and oxygen atoms in total. The van der Waals surface area contributed by atoms with E-state index in [1.807, 2.05) is 0 Å². The largest absolute Gasteiger partial charge is 0.480 e. The Morgan fingerprint density at radius 1 is 0.647 bits per heavy atom. The van der Waals surface area contributed by atoms with Crippen molar-refractivity contribution in [1.82, 2.24) is 9.80 Å². The third-order valence-electron chi connectivity index (χ3n) is 7.70. The molecule has 5 aliphatic rings. The number of hydrogen-bond donors (Lipinski definition) is 2. The molecule has 34 heavy (non-hydrogen) atoms. The molecule has 184 valence electrons. The average Bonchev–Trinajstić information content (AvgIpc) is 3.09. The van der Waals surface area contributed by atoms with Crippen molar-refractivity contribution >= 4 is 35.6 Å². The van der Waals surface area contributed by atoms with Gasteiger partial charge in [0.1, 0.15) is 12.1 Å². The normalized spacial score (nSPS) is 34.4. The summed E-state index contributed by atoms with van der Waals surface area (Å²) in [6.07, 6.45) is 3.33. The molecular formula is C24H30N2O8. The Labute approximate surface area is 196 Å². The summed E-state index contributed by atoms with van der Waals surface area (Å²) in [5.74, 6) is -10.6. The minimum atomic E-state index is -1.39. The van der Waals surface area contributed by atoms with E-state index < -0.39 is 94.0 Å². The van der Waals surface area contributed by atoms with E-state index in [0.29, 0.717) is 0 Å². The molecular weight excluding hydrogens is 444 g/mol. The van der Waals surface area contributed by atoms with Gasteiger partial charge in [-0.15, -0.1) is 0 Å². The fraction of sp³-hybridized carbons (Fsp3) is 0.667. The number of rotatable bonds is 4. The van der Waals surface area contributed by atoms with Crippen LogP contribution in [0, 0.1) is 46.3 Å². The first kappa shape index (κ1) is 24.1. The summed E-state index contributed by atoms with van der Waals surface area (Å²) in [7, 11) is 0. The number of hydrogen-bond acceptors (Lipinski definition) is 6. The van der Waals surface area contributed by atoms with Crippen LogP contribution in [0.4, 0.5) is 0 Å². The van der Waals surface area contributed by atoms with Gasteiger partial charge in [0.2, 0.25) is 23.6 Å². The molecule has 0 spiro atoms. The van der Waals surface area contributed by atoms with Crippen molar-refractivity contribution in [3.05, 3.63) is 12.2 Å². The zero-order valence-electron chi connectivity index (χ0n) is 20.0. The monoisotopic (exact) mass is 474 g/mol. The quantitative estimate of drug-likeness (QED) is 0.453. The number of carboxylic acid groups (broad SMARTS) is 2. The molecule has 4 amide bonds. The fourth-order valence-electron chi connectivity index (χ4n) is 6.52. The third-order valence-corrected chi connectivity index (χ3v) is 7.70. The summed E-state index contributed by atoms with van der Waals surface area (Å²) in [4.78, 5) is 79.7. The summed E-state index contributed by atoms with van der Waals surface area (Å²) >= 11 is 0. The second-order valence-corrected chi connectivity index (χ2v) is 11.9. The highest BCUT2D eigenvalue weighted by molar-refractivity contribution is 6.13. The number of imide groups is 2.